The molecular weight excluding hydrogens is 406 g/mol. The second-order valence-electron chi connectivity index (χ2n) is 10.5. The maximum Gasteiger partial charge on any atom is 0.236 e. The van der Waals surface area contributed by atoms with Crippen LogP contribution in [0, 0.1) is 13.8 Å². The summed E-state index contributed by atoms with van der Waals surface area (Å²) in [6.07, 6.45) is 7.90. The Hall–Kier alpha value is -2.17. The van der Waals surface area contributed by atoms with E-state index in [-0.39, 0.29) is 0 Å². The van der Waals surface area contributed by atoms with Crippen LogP contribution in [0.3, 0.4) is 0 Å². The molecule has 4 heteroatoms. The molecule has 2 aromatic carbocycles. The molecule has 3 aliphatic rings. The minimum absolute atomic E-state index is 0.313. The Morgan fingerprint density at radius 3 is 2.30 bits per heavy atom. The van der Waals surface area contributed by atoms with E-state index in [0.29, 0.717) is 12.5 Å². The molecule has 0 unspecified atom stereocenters. The van der Waals surface area contributed by atoms with Crippen molar-refractivity contribution in [1.29, 1.82) is 0 Å². The third kappa shape index (κ3) is 5.17. The Kier molecular flexibility index (Phi) is 6.84. The van der Waals surface area contributed by atoms with Gasteiger partial charge >= 0.3 is 0 Å². The molecule has 5 rings (SSSR count). The van der Waals surface area contributed by atoms with Crippen LogP contribution in [0.15, 0.2) is 36.4 Å². The number of carbonyl (C=O) groups is 1. The normalized spacial score (nSPS) is 20.6. The van der Waals surface area contributed by atoms with Gasteiger partial charge in [-0.05, 0) is 66.5 Å². The van der Waals surface area contributed by atoms with Gasteiger partial charge in [0.15, 0.2) is 0 Å². The van der Waals surface area contributed by atoms with Gasteiger partial charge in [-0.1, -0.05) is 55.7 Å². The fraction of sp³-hybridized carbons (Fsp3) is 0.552. The molecule has 1 amide bonds. The summed E-state index contributed by atoms with van der Waals surface area (Å²) < 4.78 is 0. The van der Waals surface area contributed by atoms with Crippen LogP contribution >= 0.6 is 0 Å². The van der Waals surface area contributed by atoms with Gasteiger partial charge in [0, 0.05) is 45.3 Å². The van der Waals surface area contributed by atoms with Crippen LogP contribution in [-0.2, 0) is 17.8 Å². The van der Waals surface area contributed by atoms with E-state index in [9.17, 15) is 4.79 Å². The zero-order chi connectivity index (χ0) is 22.8. The van der Waals surface area contributed by atoms with Gasteiger partial charge in [-0.3, -0.25) is 14.6 Å². The predicted molar refractivity (Wildman–Crippen MR) is 135 cm³/mol. The summed E-state index contributed by atoms with van der Waals surface area (Å²) in [7, 11) is 0. The maximum atomic E-state index is 13.0. The SMILES string of the molecule is Cc1ccc(-c2ccc3c(c2)CCN(CC(=O)N2CCN(C4CCCCC4)CC2)C3)cc1C. The highest BCUT2D eigenvalue weighted by Gasteiger charge is 2.28. The second-order valence-corrected chi connectivity index (χ2v) is 10.5. The number of nitrogens with zero attached hydrogens (tertiary/aromatic N) is 3. The zero-order valence-electron chi connectivity index (χ0n) is 20.5. The second kappa shape index (κ2) is 9.99. The van der Waals surface area contributed by atoms with Crippen molar-refractivity contribution in [3.8, 4) is 11.1 Å². The quantitative estimate of drug-likeness (QED) is 0.676. The first-order valence-corrected chi connectivity index (χ1v) is 13.0. The lowest BCUT2D eigenvalue weighted by Gasteiger charge is -2.41. The highest BCUT2D eigenvalue weighted by atomic mass is 16.2. The van der Waals surface area contributed by atoms with E-state index < -0.39 is 0 Å². The van der Waals surface area contributed by atoms with Crippen molar-refractivity contribution in [3.63, 3.8) is 0 Å². The monoisotopic (exact) mass is 445 g/mol. The van der Waals surface area contributed by atoms with Gasteiger partial charge in [-0.2, -0.15) is 0 Å². The molecule has 176 valence electrons. The Labute approximate surface area is 199 Å². The van der Waals surface area contributed by atoms with E-state index in [1.165, 1.54) is 65.5 Å². The van der Waals surface area contributed by atoms with Crippen LogP contribution in [0.4, 0.5) is 0 Å². The van der Waals surface area contributed by atoms with Gasteiger partial charge < -0.3 is 4.90 Å². The summed E-state index contributed by atoms with van der Waals surface area (Å²) in [6, 6.07) is 14.4. The lowest BCUT2D eigenvalue weighted by molar-refractivity contribution is -0.134. The Morgan fingerprint density at radius 2 is 1.55 bits per heavy atom. The summed E-state index contributed by atoms with van der Waals surface area (Å²) in [4.78, 5) is 20.1. The van der Waals surface area contributed by atoms with E-state index in [1.807, 2.05) is 0 Å². The largest absolute Gasteiger partial charge is 0.339 e. The first-order chi connectivity index (χ1) is 16.1. The Morgan fingerprint density at radius 1 is 0.818 bits per heavy atom. The summed E-state index contributed by atoms with van der Waals surface area (Å²) >= 11 is 0. The highest BCUT2D eigenvalue weighted by Crippen LogP contribution is 2.28. The molecule has 0 atom stereocenters. The third-order valence-corrected chi connectivity index (χ3v) is 8.25. The zero-order valence-corrected chi connectivity index (χ0v) is 20.5. The number of fused-ring (bicyclic) bond motifs is 1. The van der Waals surface area contributed by atoms with E-state index in [4.69, 9.17) is 0 Å². The van der Waals surface area contributed by atoms with Gasteiger partial charge in [-0.25, -0.2) is 0 Å². The lowest BCUT2D eigenvalue weighted by Crippen LogP contribution is -2.54. The number of piperazine rings is 1. The maximum absolute atomic E-state index is 13.0. The molecule has 0 radical (unpaired) electrons. The molecule has 1 saturated carbocycles. The summed E-state index contributed by atoms with van der Waals surface area (Å²) in [6.45, 7) is 10.7. The van der Waals surface area contributed by atoms with Crippen LogP contribution in [0.5, 0.6) is 0 Å². The number of hydrogen-bond donors (Lipinski definition) is 0. The molecule has 2 aromatic rings. The summed E-state index contributed by atoms with van der Waals surface area (Å²) in [5.74, 6) is 0.313. The topological polar surface area (TPSA) is 26.8 Å². The molecule has 2 heterocycles. The molecule has 1 aliphatic carbocycles. The Balaban J connectivity index is 1.15. The minimum atomic E-state index is 0.313. The number of aryl methyl sites for hydroxylation is 2. The van der Waals surface area contributed by atoms with Crippen molar-refractivity contribution in [1.82, 2.24) is 14.7 Å². The average molecular weight is 446 g/mol. The number of rotatable bonds is 4. The summed E-state index contributed by atoms with van der Waals surface area (Å²) in [5.41, 5.74) is 8.10. The van der Waals surface area contributed by atoms with Gasteiger partial charge in [0.1, 0.15) is 0 Å². The smallest absolute Gasteiger partial charge is 0.236 e. The van der Waals surface area contributed by atoms with Crippen molar-refractivity contribution in [2.24, 2.45) is 0 Å². The molecule has 0 bridgehead atoms. The van der Waals surface area contributed by atoms with Crippen LogP contribution < -0.4 is 0 Å². The Bertz CT molecular complexity index is 986. The molecule has 0 aromatic heterocycles. The average Bonchev–Trinajstić information content (AvgIpc) is 2.86. The highest BCUT2D eigenvalue weighted by molar-refractivity contribution is 5.78. The molecule has 1 saturated heterocycles. The van der Waals surface area contributed by atoms with Crippen molar-refractivity contribution in [3.05, 3.63) is 58.7 Å². The number of carbonyl (C=O) groups excluding carboxylic acids is 1. The molecular formula is C29H39N3O. The van der Waals surface area contributed by atoms with Crippen molar-refractivity contribution in [2.75, 3.05) is 39.3 Å². The lowest BCUT2D eigenvalue weighted by atomic mass is 9.93. The first kappa shape index (κ1) is 22.6. The van der Waals surface area contributed by atoms with E-state index in [1.54, 1.807) is 0 Å². The number of hydrogen-bond acceptors (Lipinski definition) is 3. The van der Waals surface area contributed by atoms with Crippen molar-refractivity contribution in [2.45, 2.75) is 65.0 Å². The standard InChI is InChI=1S/C29H39N3O/c1-22-8-9-24(18-23(22)2)25-10-11-27-20-30(13-12-26(27)19-25)21-29(33)32-16-14-31(15-17-32)28-6-4-3-5-7-28/h8-11,18-19,28H,3-7,12-17,20-21H2,1-2H3. The van der Waals surface area contributed by atoms with E-state index >= 15 is 0 Å². The van der Waals surface area contributed by atoms with Gasteiger partial charge in [0.2, 0.25) is 5.91 Å². The molecule has 0 spiro atoms. The van der Waals surface area contributed by atoms with E-state index in [2.05, 4.69) is 64.9 Å². The van der Waals surface area contributed by atoms with Crippen molar-refractivity contribution < 1.29 is 4.79 Å². The number of amides is 1. The summed E-state index contributed by atoms with van der Waals surface area (Å²) in [5, 5.41) is 0. The predicted octanol–water partition coefficient (Wildman–Crippen LogP) is 4.81. The fourth-order valence-electron chi connectivity index (χ4n) is 5.92. The molecule has 4 nitrogen and oxygen atoms in total. The van der Waals surface area contributed by atoms with E-state index in [0.717, 1.165) is 51.7 Å². The van der Waals surface area contributed by atoms with Gasteiger partial charge in [0.05, 0.1) is 6.54 Å². The van der Waals surface area contributed by atoms with Crippen LogP contribution in [0.1, 0.15) is 54.4 Å². The van der Waals surface area contributed by atoms with Crippen LogP contribution in [-0.4, -0.2) is 65.9 Å². The number of benzene rings is 2. The van der Waals surface area contributed by atoms with Gasteiger partial charge in [-0.15, -0.1) is 0 Å². The fourth-order valence-corrected chi connectivity index (χ4v) is 5.92. The molecule has 2 aliphatic heterocycles. The third-order valence-electron chi connectivity index (χ3n) is 8.25. The first-order valence-electron chi connectivity index (χ1n) is 13.0. The molecule has 2 fully saturated rings. The molecule has 33 heavy (non-hydrogen) atoms. The van der Waals surface area contributed by atoms with Gasteiger partial charge in [0.25, 0.3) is 0 Å². The van der Waals surface area contributed by atoms with Crippen LogP contribution in [0.2, 0.25) is 0 Å². The molecule has 0 N–H and O–H groups in total. The van der Waals surface area contributed by atoms with Crippen molar-refractivity contribution >= 4 is 5.91 Å². The van der Waals surface area contributed by atoms with Crippen LogP contribution in [0.25, 0.3) is 11.1 Å². The minimum Gasteiger partial charge on any atom is -0.339 e.